The smallest absolute Gasteiger partial charge is 0.348 e. The van der Waals surface area contributed by atoms with Crippen LogP contribution >= 0.6 is 22.7 Å². The Morgan fingerprint density at radius 1 is 1.19 bits per heavy atom. The lowest BCUT2D eigenvalue weighted by molar-refractivity contribution is -0.111. The van der Waals surface area contributed by atoms with E-state index >= 15 is 0 Å². The molecule has 1 aromatic carbocycles. The highest BCUT2D eigenvalue weighted by molar-refractivity contribution is 7.22. The Balaban J connectivity index is 1.96. The first-order chi connectivity index (χ1) is 14.9. The van der Waals surface area contributed by atoms with E-state index in [0.717, 1.165) is 32.2 Å². The molecule has 2 heterocycles. The van der Waals surface area contributed by atoms with Gasteiger partial charge < -0.3 is 20.3 Å². The number of hydrogen-bond donors (Lipinski definition) is 3. The SMILES string of the molecule is COC=C(C(=O)Nc1cc(-c2cccs2)sc1C(=O)O)c1ccc(C)cc1CCCO. The van der Waals surface area contributed by atoms with E-state index in [2.05, 4.69) is 5.32 Å². The van der Waals surface area contributed by atoms with E-state index in [0.29, 0.717) is 18.4 Å². The number of aliphatic hydroxyl groups is 1. The van der Waals surface area contributed by atoms with Gasteiger partial charge in [0, 0.05) is 16.4 Å². The van der Waals surface area contributed by atoms with Gasteiger partial charge in [-0.05, 0) is 48.4 Å². The normalized spacial score (nSPS) is 11.4. The minimum Gasteiger partial charge on any atom is -0.504 e. The number of thiophene rings is 2. The molecule has 0 aliphatic rings. The Kier molecular flexibility index (Phi) is 7.62. The molecule has 0 unspecified atom stereocenters. The molecule has 162 valence electrons. The molecular formula is C23H23NO5S2. The molecule has 0 atom stereocenters. The Hall–Kier alpha value is -2.94. The van der Waals surface area contributed by atoms with Crippen LogP contribution in [0.5, 0.6) is 0 Å². The lowest BCUT2D eigenvalue weighted by Crippen LogP contribution is -2.16. The van der Waals surface area contributed by atoms with Gasteiger partial charge in [0.2, 0.25) is 0 Å². The van der Waals surface area contributed by atoms with Crippen molar-refractivity contribution < 1.29 is 24.5 Å². The van der Waals surface area contributed by atoms with Crippen molar-refractivity contribution in [2.75, 3.05) is 19.0 Å². The van der Waals surface area contributed by atoms with Gasteiger partial charge in [-0.3, -0.25) is 4.79 Å². The van der Waals surface area contributed by atoms with Gasteiger partial charge in [0.05, 0.1) is 24.6 Å². The largest absolute Gasteiger partial charge is 0.504 e. The van der Waals surface area contributed by atoms with Crippen LogP contribution in [0.25, 0.3) is 15.3 Å². The average Bonchev–Trinajstić information content (AvgIpc) is 3.41. The van der Waals surface area contributed by atoms with E-state index in [1.54, 1.807) is 6.07 Å². The molecule has 0 bridgehead atoms. The number of ether oxygens (including phenoxy) is 1. The summed E-state index contributed by atoms with van der Waals surface area (Å²) in [7, 11) is 1.46. The van der Waals surface area contributed by atoms with Crippen LogP contribution in [0.4, 0.5) is 5.69 Å². The summed E-state index contributed by atoms with van der Waals surface area (Å²) in [5.74, 6) is -1.56. The molecule has 2 aromatic heterocycles. The van der Waals surface area contributed by atoms with Crippen molar-refractivity contribution >= 4 is 45.8 Å². The van der Waals surface area contributed by atoms with Gasteiger partial charge in [-0.2, -0.15) is 0 Å². The number of amides is 1. The van der Waals surface area contributed by atoms with Crippen molar-refractivity contribution in [1.29, 1.82) is 0 Å². The molecule has 3 rings (SSSR count). The van der Waals surface area contributed by atoms with Gasteiger partial charge >= 0.3 is 5.97 Å². The number of methoxy groups -OCH3 is 1. The number of anilines is 1. The lowest BCUT2D eigenvalue weighted by Gasteiger charge is -2.14. The fraction of sp³-hybridized carbons (Fsp3) is 0.217. The number of nitrogens with one attached hydrogen (secondary N) is 1. The fourth-order valence-corrected chi connectivity index (χ4v) is 4.97. The van der Waals surface area contributed by atoms with Gasteiger partial charge in [0.25, 0.3) is 5.91 Å². The molecule has 6 nitrogen and oxygen atoms in total. The minimum absolute atomic E-state index is 0.0469. The maximum Gasteiger partial charge on any atom is 0.348 e. The molecule has 0 radical (unpaired) electrons. The van der Waals surface area contributed by atoms with Crippen molar-refractivity contribution in [2.45, 2.75) is 19.8 Å². The van der Waals surface area contributed by atoms with Crippen LogP contribution in [0.15, 0.2) is 48.0 Å². The summed E-state index contributed by atoms with van der Waals surface area (Å²) in [6.45, 7) is 2.01. The first kappa shape index (κ1) is 22.7. The van der Waals surface area contributed by atoms with Crippen molar-refractivity contribution in [3.05, 3.63) is 69.6 Å². The van der Waals surface area contributed by atoms with E-state index < -0.39 is 11.9 Å². The van der Waals surface area contributed by atoms with E-state index in [1.165, 1.54) is 24.7 Å². The number of carbonyl (C=O) groups excluding carboxylic acids is 1. The van der Waals surface area contributed by atoms with Crippen LogP contribution in [0.3, 0.4) is 0 Å². The number of aryl methyl sites for hydroxylation is 2. The second-order valence-corrected chi connectivity index (χ2v) is 8.84. The Morgan fingerprint density at radius 3 is 2.65 bits per heavy atom. The summed E-state index contributed by atoms with van der Waals surface area (Å²) in [4.78, 5) is 26.7. The summed E-state index contributed by atoms with van der Waals surface area (Å²) in [5.41, 5.74) is 3.17. The summed E-state index contributed by atoms with van der Waals surface area (Å²) < 4.78 is 5.16. The molecule has 3 aromatic rings. The van der Waals surface area contributed by atoms with Crippen LogP contribution in [0.2, 0.25) is 0 Å². The molecule has 0 spiro atoms. The average molecular weight is 458 g/mol. The number of rotatable bonds is 9. The first-order valence-corrected chi connectivity index (χ1v) is 11.3. The van der Waals surface area contributed by atoms with Crippen molar-refractivity contribution in [3.63, 3.8) is 0 Å². The minimum atomic E-state index is -1.10. The van der Waals surface area contributed by atoms with E-state index in [4.69, 9.17) is 4.74 Å². The van der Waals surface area contributed by atoms with E-state index in [-0.39, 0.29) is 22.7 Å². The van der Waals surface area contributed by atoms with Crippen molar-refractivity contribution in [3.8, 4) is 9.75 Å². The van der Waals surface area contributed by atoms with Crippen LogP contribution < -0.4 is 5.32 Å². The highest BCUT2D eigenvalue weighted by Gasteiger charge is 2.22. The Bertz CT molecular complexity index is 1100. The Morgan fingerprint density at radius 2 is 2.00 bits per heavy atom. The topological polar surface area (TPSA) is 95.9 Å². The zero-order valence-corrected chi connectivity index (χ0v) is 18.8. The second-order valence-electron chi connectivity index (χ2n) is 6.85. The number of hydrogen-bond acceptors (Lipinski definition) is 6. The second kappa shape index (κ2) is 10.4. The van der Waals surface area contributed by atoms with Crippen molar-refractivity contribution in [1.82, 2.24) is 0 Å². The monoisotopic (exact) mass is 457 g/mol. The quantitative estimate of drug-likeness (QED) is 0.309. The van der Waals surface area contributed by atoms with Gasteiger partial charge in [0.1, 0.15) is 4.88 Å². The van der Waals surface area contributed by atoms with Crippen LogP contribution in [0.1, 0.15) is 32.8 Å². The highest BCUT2D eigenvalue weighted by atomic mass is 32.1. The molecule has 1 amide bonds. The van der Waals surface area contributed by atoms with Crippen LogP contribution in [-0.2, 0) is 16.0 Å². The highest BCUT2D eigenvalue weighted by Crippen LogP contribution is 2.37. The predicted octanol–water partition coefficient (Wildman–Crippen LogP) is 5.03. The third-order valence-corrected chi connectivity index (χ3v) is 6.76. The summed E-state index contributed by atoms with van der Waals surface area (Å²) in [6.07, 6.45) is 2.52. The number of benzene rings is 1. The number of carboxylic acids is 1. The van der Waals surface area contributed by atoms with Gasteiger partial charge in [-0.1, -0.05) is 29.8 Å². The van der Waals surface area contributed by atoms with Gasteiger partial charge in [-0.25, -0.2) is 4.79 Å². The summed E-state index contributed by atoms with van der Waals surface area (Å²) >= 11 is 2.63. The fourth-order valence-electron chi connectivity index (χ4n) is 3.19. The lowest BCUT2D eigenvalue weighted by atomic mass is 9.95. The first-order valence-electron chi connectivity index (χ1n) is 9.60. The Labute approximate surface area is 188 Å². The number of carboxylic acid groups (broad SMARTS) is 1. The molecule has 0 saturated carbocycles. The third-order valence-electron chi connectivity index (χ3n) is 4.57. The molecule has 3 N–H and O–H groups in total. The zero-order valence-electron chi connectivity index (χ0n) is 17.2. The van der Waals surface area contributed by atoms with Crippen LogP contribution in [0, 0.1) is 6.92 Å². The standard InChI is InChI=1S/C23H23NO5S2/c1-14-7-8-16(15(11-14)5-3-9-25)17(13-29-2)22(26)24-18-12-20(19-6-4-10-30-19)31-21(18)23(27)28/h4,6-8,10-13,25H,3,5,9H2,1-2H3,(H,24,26)(H,27,28). The van der Waals surface area contributed by atoms with Crippen molar-refractivity contribution in [2.24, 2.45) is 0 Å². The maximum absolute atomic E-state index is 13.2. The molecule has 0 fully saturated rings. The molecule has 0 aliphatic carbocycles. The zero-order chi connectivity index (χ0) is 22.4. The molecule has 31 heavy (non-hydrogen) atoms. The van der Waals surface area contributed by atoms with Crippen LogP contribution in [-0.4, -0.2) is 35.8 Å². The van der Waals surface area contributed by atoms with Gasteiger partial charge in [0.15, 0.2) is 0 Å². The number of aliphatic hydroxyl groups excluding tert-OH is 1. The van der Waals surface area contributed by atoms with Gasteiger partial charge in [-0.15, -0.1) is 22.7 Å². The van der Waals surface area contributed by atoms with E-state index in [9.17, 15) is 19.8 Å². The molecular weight excluding hydrogens is 434 g/mol. The summed E-state index contributed by atoms with van der Waals surface area (Å²) in [6, 6.07) is 11.2. The molecule has 0 saturated heterocycles. The maximum atomic E-state index is 13.2. The number of aromatic carboxylic acids is 1. The summed E-state index contributed by atoms with van der Waals surface area (Å²) in [5, 5.41) is 23.5. The molecule has 0 aliphatic heterocycles. The predicted molar refractivity (Wildman–Crippen MR) is 125 cm³/mol. The van der Waals surface area contributed by atoms with E-state index in [1.807, 2.05) is 42.6 Å². The third kappa shape index (κ3) is 5.41. The molecule has 8 heteroatoms. The number of carbonyl (C=O) groups is 2.